The molecule has 2 rings (SSSR count). The minimum absolute atomic E-state index is 0.0297. The second-order valence-electron chi connectivity index (χ2n) is 7.50. The maximum atomic E-state index is 12.3. The van der Waals surface area contributed by atoms with Crippen LogP contribution in [0.5, 0.6) is 0 Å². The minimum Gasteiger partial charge on any atom is -0.455 e. The van der Waals surface area contributed by atoms with E-state index < -0.39 is 6.03 Å². The maximum Gasteiger partial charge on any atom is 0.312 e. The molecule has 7 nitrogen and oxygen atoms in total. The third kappa shape index (κ3) is 5.61. The van der Waals surface area contributed by atoms with Gasteiger partial charge in [0.25, 0.3) is 5.91 Å². The Hall–Kier alpha value is -1.79. The van der Waals surface area contributed by atoms with Crippen molar-refractivity contribution in [1.29, 1.82) is 0 Å². The Morgan fingerprint density at radius 3 is 2.32 bits per heavy atom. The predicted molar refractivity (Wildman–Crippen MR) is 93.6 cm³/mol. The fourth-order valence-corrected chi connectivity index (χ4v) is 4.08. The number of amides is 3. The van der Waals surface area contributed by atoms with Crippen LogP contribution in [-0.4, -0.2) is 48.5 Å². The molecule has 0 radical (unpaired) electrons. The monoisotopic (exact) mass is 353 g/mol. The number of rotatable bonds is 5. The van der Waals surface area contributed by atoms with Gasteiger partial charge in [-0.1, -0.05) is 19.8 Å². The molecule has 0 unspecified atom stereocenters. The quantitative estimate of drug-likeness (QED) is 0.736. The van der Waals surface area contributed by atoms with E-state index in [0.29, 0.717) is 31.6 Å². The van der Waals surface area contributed by atoms with Gasteiger partial charge in [-0.3, -0.25) is 9.59 Å². The van der Waals surface area contributed by atoms with Crippen LogP contribution in [0.3, 0.4) is 0 Å². The predicted octanol–water partition coefficient (Wildman–Crippen LogP) is 1.79. The minimum atomic E-state index is -0.531. The van der Waals surface area contributed by atoms with Gasteiger partial charge in [0.1, 0.15) is 0 Å². The Labute approximate surface area is 149 Å². The van der Waals surface area contributed by atoms with Crippen molar-refractivity contribution in [2.75, 3.05) is 13.7 Å². The van der Waals surface area contributed by atoms with E-state index in [1.807, 2.05) is 7.05 Å². The van der Waals surface area contributed by atoms with Gasteiger partial charge in [0.15, 0.2) is 6.61 Å². The number of ether oxygens (including phenoxy) is 1. The second kappa shape index (κ2) is 9.06. The van der Waals surface area contributed by atoms with Gasteiger partial charge in [-0.15, -0.1) is 0 Å². The summed E-state index contributed by atoms with van der Waals surface area (Å²) in [7, 11) is 1.81. The van der Waals surface area contributed by atoms with Crippen molar-refractivity contribution in [3.8, 4) is 0 Å². The number of likely N-dealkylation sites (N-methyl/N-ethyl adjacent to an activating group) is 1. The van der Waals surface area contributed by atoms with Crippen molar-refractivity contribution in [1.82, 2.24) is 10.2 Å². The molecule has 2 aliphatic carbocycles. The third-order valence-electron chi connectivity index (χ3n) is 5.70. The highest BCUT2D eigenvalue weighted by molar-refractivity contribution is 5.81. The van der Waals surface area contributed by atoms with Gasteiger partial charge in [-0.2, -0.15) is 0 Å². The molecule has 3 N–H and O–H groups in total. The lowest BCUT2D eigenvalue weighted by Gasteiger charge is -2.36. The zero-order chi connectivity index (χ0) is 18.4. The molecule has 25 heavy (non-hydrogen) atoms. The van der Waals surface area contributed by atoms with Crippen LogP contribution in [-0.2, 0) is 14.3 Å². The molecule has 0 spiro atoms. The molecule has 0 heterocycles. The number of urea groups is 1. The number of carbonyl (C=O) groups excluding carboxylic acids is 3. The van der Waals surface area contributed by atoms with Crippen LogP contribution in [0.15, 0.2) is 0 Å². The number of nitrogens with zero attached hydrogens (tertiary/aromatic N) is 1. The van der Waals surface area contributed by atoms with Crippen molar-refractivity contribution < 1.29 is 19.1 Å². The van der Waals surface area contributed by atoms with Crippen molar-refractivity contribution in [3.63, 3.8) is 0 Å². The first-order valence-corrected chi connectivity index (χ1v) is 9.36. The maximum absolute atomic E-state index is 12.3. The molecular formula is C18H31N3O4. The van der Waals surface area contributed by atoms with Crippen molar-refractivity contribution in [2.24, 2.45) is 17.6 Å². The Morgan fingerprint density at radius 1 is 1.08 bits per heavy atom. The van der Waals surface area contributed by atoms with Crippen molar-refractivity contribution >= 4 is 17.9 Å². The SMILES string of the molecule is C[C@H]1CCCC[C@H]1N(C)C(=O)COC(=O)C1CCC(NC(N)=O)CC1. The Kier molecular flexibility index (Phi) is 7.08. The smallest absolute Gasteiger partial charge is 0.312 e. The topological polar surface area (TPSA) is 102 Å². The molecule has 0 aliphatic heterocycles. The molecular weight excluding hydrogens is 322 g/mol. The van der Waals surface area contributed by atoms with Crippen molar-refractivity contribution in [3.05, 3.63) is 0 Å². The third-order valence-corrected chi connectivity index (χ3v) is 5.70. The number of hydrogen-bond donors (Lipinski definition) is 2. The summed E-state index contributed by atoms with van der Waals surface area (Å²) in [5, 5.41) is 2.67. The molecule has 0 bridgehead atoms. The van der Waals surface area contributed by atoms with Gasteiger partial charge in [-0.05, 0) is 44.4 Å². The summed E-state index contributed by atoms with van der Waals surface area (Å²) < 4.78 is 5.26. The van der Waals surface area contributed by atoms with E-state index >= 15 is 0 Å². The molecule has 2 fully saturated rings. The molecule has 0 aromatic heterocycles. The molecule has 3 amide bonds. The fourth-order valence-electron chi connectivity index (χ4n) is 4.08. The summed E-state index contributed by atoms with van der Waals surface area (Å²) in [5.41, 5.74) is 5.11. The molecule has 7 heteroatoms. The summed E-state index contributed by atoms with van der Waals surface area (Å²) >= 11 is 0. The fraction of sp³-hybridized carbons (Fsp3) is 0.833. The lowest BCUT2D eigenvalue weighted by Crippen LogP contribution is -2.45. The normalized spacial score (nSPS) is 29.5. The summed E-state index contributed by atoms with van der Waals surface area (Å²) in [4.78, 5) is 37.1. The molecule has 2 saturated carbocycles. The number of carbonyl (C=O) groups is 3. The molecule has 2 atom stereocenters. The molecule has 0 saturated heterocycles. The molecule has 142 valence electrons. The standard InChI is InChI=1S/C18H31N3O4/c1-12-5-3-4-6-15(12)21(2)16(22)11-25-17(23)13-7-9-14(10-8-13)20-18(19)24/h12-15H,3-11H2,1-2H3,(H3,19,20,24)/t12-,13?,14?,15+/m0/s1. The Balaban J connectivity index is 1.72. The van der Waals surface area contributed by atoms with E-state index in [1.54, 1.807) is 4.90 Å². The highest BCUT2D eigenvalue weighted by atomic mass is 16.5. The van der Waals surface area contributed by atoms with Crippen LogP contribution in [0.25, 0.3) is 0 Å². The van der Waals surface area contributed by atoms with E-state index in [0.717, 1.165) is 19.3 Å². The van der Waals surface area contributed by atoms with Gasteiger partial charge in [-0.25, -0.2) is 4.79 Å². The summed E-state index contributed by atoms with van der Waals surface area (Å²) in [6.45, 7) is 2.00. The van der Waals surface area contributed by atoms with Crippen LogP contribution in [0.1, 0.15) is 58.3 Å². The number of nitrogens with two attached hydrogens (primary N) is 1. The van der Waals surface area contributed by atoms with Crippen LogP contribution in [0, 0.1) is 11.8 Å². The van der Waals surface area contributed by atoms with Gasteiger partial charge in [0.2, 0.25) is 0 Å². The first-order valence-electron chi connectivity index (χ1n) is 9.36. The van der Waals surface area contributed by atoms with Gasteiger partial charge in [0, 0.05) is 19.1 Å². The second-order valence-corrected chi connectivity index (χ2v) is 7.50. The molecule has 0 aromatic rings. The summed E-state index contributed by atoms with van der Waals surface area (Å²) in [5.74, 6) is -0.142. The van der Waals surface area contributed by atoms with E-state index in [4.69, 9.17) is 10.5 Å². The lowest BCUT2D eigenvalue weighted by atomic mass is 9.85. The number of primary amides is 1. The summed E-state index contributed by atoms with van der Waals surface area (Å²) in [6, 6.07) is -0.256. The van der Waals surface area contributed by atoms with Gasteiger partial charge >= 0.3 is 12.0 Å². The number of hydrogen-bond acceptors (Lipinski definition) is 4. The average Bonchev–Trinajstić information content (AvgIpc) is 2.59. The van der Waals surface area contributed by atoms with E-state index in [9.17, 15) is 14.4 Å². The van der Waals surface area contributed by atoms with Crippen LogP contribution in [0.2, 0.25) is 0 Å². The molecule has 0 aromatic carbocycles. The zero-order valence-corrected chi connectivity index (χ0v) is 15.3. The lowest BCUT2D eigenvalue weighted by molar-refractivity contribution is -0.157. The van der Waals surface area contributed by atoms with Gasteiger partial charge < -0.3 is 20.7 Å². The van der Waals surface area contributed by atoms with Crippen molar-refractivity contribution in [2.45, 2.75) is 70.4 Å². The van der Waals surface area contributed by atoms with Gasteiger partial charge in [0.05, 0.1) is 5.92 Å². The van der Waals surface area contributed by atoms with Crippen LogP contribution < -0.4 is 11.1 Å². The number of nitrogens with one attached hydrogen (secondary N) is 1. The molecule has 2 aliphatic rings. The Morgan fingerprint density at radius 2 is 1.72 bits per heavy atom. The highest BCUT2D eigenvalue weighted by Crippen LogP contribution is 2.28. The van der Waals surface area contributed by atoms with E-state index in [2.05, 4.69) is 12.2 Å². The van der Waals surface area contributed by atoms with Crippen LogP contribution in [0.4, 0.5) is 4.79 Å². The van der Waals surface area contributed by atoms with Crippen LogP contribution >= 0.6 is 0 Å². The Bertz CT molecular complexity index is 489. The first-order chi connectivity index (χ1) is 11.9. The van der Waals surface area contributed by atoms with E-state index in [-0.39, 0.29) is 36.5 Å². The number of esters is 1. The summed E-state index contributed by atoms with van der Waals surface area (Å²) in [6.07, 6.45) is 7.24. The highest BCUT2D eigenvalue weighted by Gasteiger charge is 2.30. The first kappa shape index (κ1) is 19.5. The van der Waals surface area contributed by atoms with E-state index in [1.165, 1.54) is 6.42 Å². The average molecular weight is 353 g/mol. The zero-order valence-electron chi connectivity index (χ0n) is 15.3. The largest absolute Gasteiger partial charge is 0.455 e.